The molecular formula is C34H40ClN3O4. The number of hydrogen-bond acceptors (Lipinski definition) is 4. The first kappa shape index (κ1) is 28.9. The molecule has 0 aromatic heterocycles. The third-order valence-corrected chi connectivity index (χ3v) is 10.5. The number of benzene rings is 2. The lowest BCUT2D eigenvalue weighted by Gasteiger charge is -2.38. The summed E-state index contributed by atoms with van der Waals surface area (Å²) in [7, 11) is 0. The van der Waals surface area contributed by atoms with Crippen LogP contribution in [0.2, 0.25) is 5.02 Å². The number of nitrogens with zero attached hydrogens (tertiary/aromatic N) is 1. The molecule has 222 valence electrons. The van der Waals surface area contributed by atoms with Crippen LogP contribution in [0.15, 0.2) is 54.6 Å². The van der Waals surface area contributed by atoms with Crippen molar-refractivity contribution in [3.05, 3.63) is 76.3 Å². The molecule has 3 aliphatic heterocycles. The van der Waals surface area contributed by atoms with Gasteiger partial charge >= 0.3 is 0 Å². The molecule has 7 nitrogen and oxygen atoms in total. The molecule has 1 spiro atoms. The highest BCUT2D eigenvalue weighted by molar-refractivity contribution is 6.30. The van der Waals surface area contributed by atoms with E-state index in [0.717, 1.165) is 36.0 Å². The van der Waals surface area contributed by atoms with Gasteiger partial charge in [-0.25, -0.2) is 0 Å². The first-order valence-corrected chi connectivity index (χ1v) is 15.6. The van der Waals surface area contributed by atoms with Gasteiger partial charge in [-0.1, -0.05) is 68.6 Å². The van der Waals surface area contributed by atoms with E-state index in [2.05, 4.69) is 24.5 Å². The fourth-order valence-electron chi connectivity index (χ4n) is 7.50. The average Bonchev–Trinajstić information content (AvgIpc) is 3.60. The Bertz CT molecular complexity index is 1420. The molecule has 1 saturated carbocycles. The van der Waals surface area contributed by atoms with Crippen molar-refractivity contribution in [2.24, 2.45) is 23.7 Å². The fourth-order valence-corrected chi connectivity index (χ4v) is 7.63. The summed E-state index contributed by atoms with van der Waals surface area (Å²) in [4.78, 5) is 43.9. The van der Waals surface area contributed by atoms with Crippen LogP contribution in [0.5, 0.6) is 0 Å². The lowest BCUT2D eigenvalue weighted by molar-refractivity contribution is -0.141. The monoisotopic (exact) mass is 589 g/mol. The Morgan fingerprint density at radius 3 is 2.55 bits per heavy atom. The van der Waals surface area contributed by atoms with Crippen molar-refractivity contribution in [2.45, 2.75) is 77.2 Å². The lowest BCUT2D eigenvalue weighted by atomic mass is 9.73. The minimum atomic E-state index is -1.18. The van der Waals surface area contributed by atoms with E-state index in [-0.39, 0.29) is 23.8 Å². The summed E-state index contributed by atoms with van der Waals surface area (Å²) in [6.07, 6.45) is 6.86. The summed E-state index contributed by atoms with van der Waals surface area (Å²) in [5.74, 6) is -1.33. The number of anilines is 1. The highest BCUT2D eigenvalue weighted by Crippen LogP contribution is 2.55. The molecule has 2 bridgehead atoms. The molecular weight excluding hydrogens is 550 g/mol. The van der Waals surface area contributed by atoms with E-state index in [9.17, 15) is 14.4 Å². The Kier molecular flexibility index (Phi) is 7.69. The molecule has 3 fully saturated rings. The van der Waals surface area contributed by atoms with Crippen LogP contribution in [-0.2, 0) is 25.5 Å². The molecule has 42 heavy (non-hydrogen) atoms. The van der Waals surface area contributed by atoms with Gasteiger partial charge in [-0.2, -0.15) is 0 Å². The van der Waals surface area contributed by atoms with Gasteiger partial charge in [0.15, 0.2) is 0 Å². The molecule has 6 rings (SSSR count). The number of ether oxygens (including phenoxy) is 1. The fraction of sp³-hybridized carbons (Fsp3) is 0.500. The normalized spacial score (nSPS) is 33.1. The summed E-state index contributed by atoms with van der Waals surface area (Å²) in [6, 6.07) is 12.5. The zero-order valence-corrected chi connectivity index (χ0v) is 25.5. The number of aryl methyl sites for hydroxylation is 2. The van der Waals surface area contributed by atoms with Crippen molar-refractivity contribution >= 4 is 35.0 Å². The smallest absolute Gasteiger partial charge is 0.246 e. The predicted octanol–water partition coefficient (Wildman–Crippen LogP) is 5.23. The lowest BCUT2D eigenvalue weighted by Crippen LogP contribution is -2.58. The Morgan fingerprint density at radius 2 is 1.81 bits per heavy atom. The number of hydrogen-bond donors (Lipinski definition) is 2. The summed E-state index contributed by atoms with van der Waals surface area (Å²) >= 11 is 6.09. The van der Waals surface area contributed by atoms with Gasteiger partial charge in [0.1, 0.15) is 11.6 Å². The zero-order valence-electron chi connectivity index (χ0n) is 24.7. The number of likely N-dealkylation sites (tertiary alicyclic amines) is 1. The van der Waals surface area contributed by atoms with E-state index >= 15 is 0 Å². The standard InChI is InChI=1S/C34H40ClN3O4/c1-19-8-13-25(18-21(19)3)36-31(39)28-27-14-16-34(42-27)29(28)33(41)38(17-15-23-9-11-24(35)12-10-23)30(34)32(40)37-26-7-5-6-20(2)22(26)4/h8-14,16,18,20,22,26-30H,5-7,15,17H2,1-4H3,(H,36,39)(H,37,40)/t20-,22-,26-,27+,28-,29+,30+,34+/m1/s1. The molecule has 2 aromatic carbocycles. The van der Waals surface area contributed by atoms with E-state index in [0.29, 0.717) is 35.5 Å². The number of halogens is 1. The molecule has 8 atom stereocenters. The molecule has 2 aromatic rings. The summed E-state index contributed by atoms with van der Waals surface area (Å²) in [5.41, 5.74) is 2.72. The van der Waals surface area contributed by atoms with Gasteiger partial charge in [0.25, 0.3) is 0 Å². The number of carbonyl (C=O) groups is 3. The van der Waals surface area contributed by atoms with Crippen molar-refractivity contribution in [1.82, 2.24) is 10.2 Å². The van der Waals surface area contributed by atoms with Crippen molar-refractivity contribution in [2.75, 3.05) is 11.9 Å². The number of fused-ring (bicyclic) bond motifs is 1. The second-order valence-corrected chi connectivity index (χ2v) is 13.2. The molecule has 0 radical (unpaired) electrons. The van der Waals surface area contributed by atoms with Gasteiger partial charge in [-0.3, -0.25) is 14.4 Å². The number of amides is 3. The van der Waals surface area contributed by atoms with E-state index < -0.39 is 29.6 Å². The Balaban J connectivity index is 1.30. The minimum Gasteiger partial charge on any atom is -0.359 e. The van der Waals surface area contributed by atoms with E-state index in [1.165, 1.54) is 0 Å². The zero-order chi connectivity index (χ0) is 29.8. The average molecular weight is 590 g/mol. The largest absolute Gasteiger partial charge is 0.359 e. The number of rotatable bonds is 7. The van der Waals surface area contributed by atoms with E-state index in [1.54, 1.807) is 4.90 Å². The Morgan fingerprint density at radius 1 is 1.05 bits per heavy atom. The molecule has 8 heteroatoms. The van der Waals surface area contributed by atoms with Crippen LogP contribution < -0.4 is 10.6 Å². The van der Waals surface area contributed by atoms with Gasteiger partial charge < -0.3 is 20.3 Å². The summed E-state index contributed by atoms with van der Waals surface area (Å²) < 4.78 is 6.52. The van der Waals surface area contributed by atoms with E-state index in [1.807, 2.05) is 68.5 Å². The predicted molar refractivity (Wildman–Crippen MR) is 163 cm³/mol. The second-order valence-electron chi connectivity index (χ2n) is 12.8. The van der Waals surface area contributed by atoms with Crippen LogP contribution in [0.3, 0.4) is 0 Å². The maximum Gasteiger partial charge on any atom is 0.246 e. The third kappa shape index (κ3) is 4.94. The number of nitrogens with one attached hydrogen (secondary N) is 2. The summed E-state index contributed by atoms with van der Waals surface area (Å²) in [6.45, 7) is 8.78. The molecule has 0 unspecified atom stereocenters. The minimum absolute atomic E-state index is 0.0383. The number of carbonyl (C=O) groups excluding carboxylic acids is 3. The van der Waals surface area contributed by atoms with Crippen LogP contribution in [0.4, 0.5) is 5.69 Å². The molecule has 3 amide bonds. The molecule has 2 saturated heterocycles. The van der Waals surface area contributed by atoms with Gasteiger partial charge in [-0.05, 0) is 79.5 Å². The quantitative estimate of drug-likeness (QED) is 0.433. The van der Waals surface area contributed by atoms with Crippen molar-refractivity contribution < 1.29 is 19.1 Å². The Labute approximate surface area is 253 Å². The van der Waals surface area contributed by atoms with Gasteiger partial charge in [-0.15, -0.1) is 0 Å². The van der Waals surface area contributed by atoms with Crippen LogP contribution >= 0.6 is 11.6 Å². The molecule has 2 N–H and O–H groups in total. The van der Waals surface area contributed by atoms with E-state index in [4.69, 9.17) is 16.3 Å². The van der Waals surface area contributed by atoms with Crippen LogP contribution in [0.25, 0.3) is 0 Å². The maximum absolute atomic E-state index is 14.3. The highest BCUT2D eigenvalue weighted by atomic mass is 35.5. The molecule has 1 aliphatic carbocycles. The van der Waals surface area contributed by atoms with Crippen molar-refractivity contribution in [3.63, 3.8) is 0 Å². The molecule has 3 heterocycles. The second kappa shape index (κ2) is 11.2. The molecule has 4 aliphatic rings. The van der Waals surface area contributed by atoms with Gasteiger partial charge in [0.05, 0.1) is 17.9 Å². The Hall–Kier alpha value is -3.16. The van der Waals surface area contributed by atoms with Crippen LogP contribution in [-0.4, -0.2) is 53.0 Å². The SMILES string of the molecule is Cc1ccc(NC(=O)[C@@H]2[C@@H]3C=C[C@]4(O3)[C@@H]2C(=O)N(CCc2ccc(Cl)cc2)[C@H]4C(=O)N[C@@H]2CCC[C@@H](C)[C@H]2C)cc1C. The van der Waals surface area contributed by atoms with Gasteiger partial charge in [0, 0.05) is 23.3 Å². The van der Waals surface area contributed by atoms with Crippen molar-refractivity contribution in [1.29, 1.82) is 0 Å². The van der Waals surface area contributed by atoms with Crippen LogP contribution in [0, 0.1) is 37.5 Å². The first-order valence-electron chi connectivity index (χ1n) is 15.2. The topological polar surface area (TPSA) is 87.7 Å². The maximum atomic E-state index is 14.3. The summed E-state index contributed by atoms with van der Waals surface area (Å²) in [5, 5.41) is 6.99. The first-order chi connectivity index (χ1) is 20.1. The van der Waals surface area contributed by atoms with Gasteiger partial charge in [0.2, 0.25) is 17.7 Å². The van der Waals surface area contributed by atoms with Crippen molar-refractivity contribution in [3.8, 4) is 0 Å². The van der Waals surface area contributed by atoms with Crippen LogP contribution in [0.1, 0.15) is 49.8 Å². The highest BCUT2D eigenvalue weighted by Gasteiger charge is 2.72. The third-order valence-electron chi connectivity index (χ3n) is 10.3.